The van der Waals surface area contributed by atoms with Crippen LogP contribution in [0.3, 0.4) is 0 Å². The maximum absolute atomic E-state index is 12.2. The van der Waals surface area contributed by atoms with Gasteiger partial charge in [0.2, 0.25) is 11.8 Å². The molecule has 10 heteroatoms. The summed E-state index contributed by atoms with van der Waals surface area (Å²) in [5, 5.41) is 12.1. The molecule has 6 rings (SSSR count). The minimum Gasteiger partial charge on any atom is -0.493 e. The van der Waals surface area contributed by atoms with E-state index in [-0.39, 0.29) is 24.5 Å². The van der Waals surface area contributed by atoms with Crippen molar-refractivity contribution in [2.75, 3.05) is 31.6 Å². The molecule has 1 amide bonds. The highest BCUT2D eigenvalue weighted by Crippen LogP contribution is 2.35. The van der Waals surface area contributed by atoms with E-state index in [1.807, 2.05) is 59.6 Å². The first-order valence-electron chi connectivity index (χ1n) is 12.2. The number of nitrogens with zero attached hydrogens (tertiary/aromatic N) is 4. The van der Waals surface area contributed by atoms with E-state index in [9.17, 15) is 9.90 Å². The fraction of sp³-hybridized carbons (Fsp3) is 0.259. The van der Waals surface area contributed by atoms with Gasteiger partial charge in [-0.15, -0.1) is 0 Å². The zero-order chi connectivity index (χ0) is 25.2. The molecular weight excluding hydrogens is 472 g/mol. The molecule has 4 aromatic rings. The van der Waals surface area contributed by atoms with Crippen molar-refractivity contribution in [2.24, 2.45) is 0 Å². The Kier molecular flexibility index (Phi) is 6.25. The number of aromatic nitrogens is 4. The van der Waals surface area contributed by atoms with Gasteiger partial charge < -0.3 is 24.9 Å². The first-order chi connectivity index (χ1) is 18.1. The average molecular weight is 499 g/mol. The van der Waals surface area contributed by atoms with Crippen molar-refractivity contribution in [3.05, 3.63) is 78.5 Å². The molecule has 188 valence electrons. The Morgan fingerprint density at radius 2 is 2.03 bits per heavy atom. The Balaban J connectivity index is 1.11. The van der Waals surface area contributed by atoms with Crippen molar-refractivity contribution in [1.29, 1.82) is 0 Å². The third kappa shape index (κ3) is 5.30. The molecule has 2 aromatic heterocycles. The number of rotatable bonds is 7. The SMILES string of the molecule is O=C(CN1CC(O)C1)Nc1cc(Oc2ccc3c(c2)C[C@H](c2nc(-c4ccccc4)c[nH]2)CO3)ncn1. The quantitative estimate of drug-likeness (QED) is 0.355. The molecule has 0 saturated carbocycles. The van der Waals surface area contributed by atoms with Crippen molar-refractivity contribution >= 4 is 11.7 Å². The molecular formula is C27H26N6O4. The van der Waals surface area contributed by atoms with Crippen LogP contribution in [0.15, 0.2) is 67.1 Å². The number of likely N-dealkylation sites (tertiary alicyclic amines) is 1. The van der Waals surface area contributed by atoms with Gasteiger partial charge in [0.1, 0.15) is 29.5 Å². The van der Waals surface area contributed by atoms with E-state index in [1.165, 1.54) is 6.33 Å². The number of H-pyrrole nitrogens is 1. The van der Waals surface area contributed by atoms with Crippen LogP contribution in [-0.4, -0.2) is 68.2 Å². The highest BCUT2D eigenvalue weighted by atomic mass is 16.5. The summed E-state index contributed by atoms with van der Waals surface area (Å²) < 4.78 is 12.0. The molecule has 37 heavy (non-hydrogen) atoms. The van der Waals surface area contributed by atoms with Crippen molar-refractivity contribution in [1.82, 2.24) is 24.8 Å². The van der Waals surface area contributed by atoms with Crippen LogP contribution in [0.5, 0.6) is 17.4 Å². The van der Waals surface area contributed by atoms with Gasteiger partial charge in [0.15, 0.2) is 0 Å². The number of aromatic amines is 1. The summed E-state index contributed by atoms with van der Waals surface area (Å²) in [4.78, 5) is 30.5. The predicted octanol–water partition coefficient (Wildman–Crippen LogP) is 2.99. The maximum Gasteiger partial charge on any atom is 0.239 e. The molecule has 4 heterocycles. The molecule has 0 bridgehead atoms. The Hall–Kier alpha value is -4.28. The predicted molar refractivity (Wildman–Crippen MR) is 136 cm³/mol. The van der Waals surface area contributed by atoms with E-state index in [2.05, 4.69) is 20.3 Å². The van der Waals surface area contributed by atoms with Gasteiger partial charge in [0.05, 0.1) is 30.9 Å². The molecule has 10 nitrogen and oxygen atoms in total. The molecule has 3 N–H and O–H groups in total. The summed E-state index contributed by atoms with van der Waals surface area (Å²) in [6.45, 7) is 1.75. The molecule has 0 radical (unpaired) electrons. The number of aliphatic hydroxyl groups is 1. The summed E-state index contributed by atoms with van der Waals surface area (Å²) in [5.74, 6) is 2.87. The van der Waals surface area contributed by atoms with Crippen LogP contribution in [0.2, 0.25) is 0 Å². The monoisotopic (exact) mass is 498 g/mol. The van der Waals surface area contributed by atoms with Crippen LogP contribution in [-0.2, 0) is 11.2 Å². The number of fused-ring (bicyclic) bond motifs is 1. The zero-order valence-electron chi connectivity index (χ0n) is 20.0. The lowest BCUT2D eigenvalue weighted by atomic mass is 9.96. The fourth-order valence-electron chi connectivity index (χ4n) is 4.55. The van der Waals surface area contributed by atoms with E-state index >= 15 is 0 Å². The van der Waals surface area contributed by atoms with Gasteiger partial charge in [-0.1, -0.05) is 30.3 Å². The Bertz CT molecular complexity index is 1400. The van der Waals surface area contributed by atoms with Crippen LogP contribution in [0.4, 0.5) is 5.82 Å². The minimum atomic E-state index is -0.352. The van der Waals surface area contributed by atoms with Gasteiger partial charge in [-0.25, -0.2) is 15.0 Å². The summed E-state index contributed by atoms with van der Waals surface area (Å²) in [5.41, 5.74) is 3.00. The molecule has 0 spiro atoms. The highest BCUT2D eigenvalue weighted by Gasteiger charge is 2.26. The molecule has 1 saturated heterocycles. The van der Waals surface area contributed by atoms with E-state index in [1.54, 1.807) is 6.07 Å². The zero-order valence-corrected chi connectivity index (χ0v) is 20.0. The number of hydrogen-bond donors (Lipinski definition) is 3. The van der Waals surface area contributed by atoms with Gasteiger partial charge in [-0.05, 0) is 30.2 Å². The molecule has 2 aliphatic rings. The van der Waals surface area contributed by atoms with E-state index < -0.39 is 0 Å². The van der Waals surface area contributed by atoms with Gasteiger partial charge in [-0.2, -0.15) is 0 Å². The normalized spacial score (nSPS) is 17.4. The summed E-state index contributed by atoms with van der Waals surface area (Å²) >= 11 is 0. The van der Waals surface area contributed by atoms with Crippen LogP contribution >= 0.6 is 0 Å². The fourth-order valence-corrected chi connectivity index (χ4v) is 4.55. The van der Waals surface area contributed by atoms with Crippen LogP contribution in [0.25, 0.3) is 11.3 Å². The van der Waals surface area contributed by atoms with Crippen molar-refractivity contribution < 1.29 is 19.4 Å². The van der Waals surface area contributed by atoms with E-state index in [4.69, 9.17) is 14.5 Å². The third-order valence-corrected chi connectivity index (χ3v) is 6.43. The number of nitrogens with one attached hydrogen (secondary N) is 2. The van der Waals surface area contributed by atoms with E-state index in [0.717, 1.165) is 34.8 Å². The first-order valence-corrected chi connectivity index (χ1v) is 12.2. The first kappa shape index (κ1) is 23.1. The van der Waals surface area contributed by atoms with Gasteiger partial charge >= 0.3 is 0 Å². The lowest BCUT2D eigenvalue weighted by Crippen LogP contribution is -2.53. The Morgan fingerprint density at radius 3 is 2.86 bits per heavy atom. The second-order valence-electron chi connectivity index (χ2n) is 9.26. The van der Waals surface area contributed by atoms with Crippen LogP contribution in [0.1, 0.15) is 17.3 Å². The number of ether oxygens (including phenoxy) is 2. The molecule has 1 fully saturated rings. The van der Waals surface area contributed by atoms with Crippen LogP contribution in [0, 0.1) is 0 Å². The number of β-amino-alcohol motifs (C(OH)–C–C–N with tert-alkyl or cyclic N) is 1. The van der Waals surface area contributed by atoms with Crippen molar-refractivity contribution in [3.63, 3.8) is 0 Å². The average Bonchev–Trinajstić information content (AvgIpc) is 3.39. The summed E-state index contributed by atoms with van der Waals surface area (Å²) in [6.07, 6.45) is 3.68. The summed E-state index contributed by atoms with van der Waals surface area (Å²) in [7, 11) is 0. The number of imidazole rings is 1. The second kappa shape index (κ2) is 10.00. The van der Waals surface area contributed by atoms with Crippen LogP contribution < -0.4 is 14.8 Å². The molecule has 0 unspecified atom stereocenters. The number of carbonyl (C=O) groups is 1. The molecule has 2 aliphatic heterocycles. The van der Waals surface area contributed by atoms with Crippen molar-refractivity contribution in [3.8, 4) is 28.6 Å². The molecule has 0 aliphatic carbocycles. The highest BCUT2D eigenvalue weighted by molar-refractivity contribution is 5.91. The number of carbonyl (C=O) groups excluding carboxylic acids is 1. The Morgan fingerprint density at radius 1 is 1.16 bits per heavy atom. The molecule has 2 aromatic carbocycles. The maximum atomic E-state index is 12.2. The number of amides is 1. The second-order valence-corrected chi connectivity index (χ2v) is 9.26. The van der Waals surface area contributed by atoms with Gasteiger partial charge in [-0.3, -0.25) is 9.69 Å². The summed E-state index contributed by atoms with van der Waals surface area (Å²) in [6, 6.07) is 17.3. The Labute approximate surface area is 213 Å². The van der Waals surface area contributed by atoms with Gasteiger partial charge in [0.25, 0.3) is 0 Å². The largest absolute Gasteiger partial charge is 0.493 e. The number of benzene rings is 2. The third-order valence-electron chi connectivity index (χ3n) is 6.43. The topological polar surface area (TPSA) is 125 Å². The lowest BCUT2D eigenvalue weighted by molar-refractivity contribution is -0.119. The number of hydrogen-bond acceptors (Lipinski definition) is 8. The number of aliphatic hydroxyl groups excluding tert-OH is 1. The van der Waals surface area contributed by atoms with E-state index in [0.29, 0.717) is 37.1 Å². The van der Waals surface area contributed by atoms with Gasteiger partial charge in [0, 0.05) is 30.9 Å². The molecule has 1 atom stereocenters. The van der Waals surface area contributed by atoms with Crippen molar-refractivity contribution in [2.45, 2.75) is 18.4 Å². The minimum absolute atomic E-state index is 0.0913. The standard InChI is InChI=1S/C27H26N6O4/c34-20-12-33(13-20)14-25(35)32-24-10-26(30-16-29-24)37-21-6-7-23-18(9-21)8-19(15-36-23)27-28-11-22(31-27)17-4-2-1-3-5-17/h1-7,9-11,16,19-20,34H,8,12-15H2,(H,28,31)(H,29,30,32,35)/t19-/m0/s1. The lowest BCUT2D eigenvalue weighted by Gasteiger charge is -2.34. The number of anilines is 1. The smallest absolute Gasteiger partial charge is 0.239 e.